The third-order valence-electron chi connectivity index (χ3n) is 3.96. The highest BCUT2D eigenvalue weighted by Gasteiger charge is 2.26. The van der Waals surface area contributed by atoms with E-state index in [1.54, 1.807) is 0 Å². The highest BCUT2D eigenvalue weighted by Crippen LogP contribution is 2.23. The van der Waals surface area contributed by atoms with E-state index in [9.17, 15) is 0 Å². The fourth-order valence-electron chi connectivity index (χ4n) is 3.10. The maximum Gasteiger partial charge on any atom is 0.0706 e. The Labute approximate surface area is 99.3 Å². The van der Waals surface area contributed by atoms with E-state index in [1.807, 2.05) is 0 Å². The average Bonchev–Trinajstić information content (AvgIpc) is 2.65. The molecule has 3 nitrogen and oxygen atoms in total. The fraction of sp³-hybridized carbons (Fsp3) is 1.00. The summed E-state index contributed by atoms with van der Waals surface area (Å²) < 4.78 is 5.89. The molecule has 0 aliphatic carbocycles. The number of nitrogens with two attached hydrogens (primary N) is 1. The van der Waals surface area contributed by atoms with Gasteiger partial charge in [0.05, 0.1) is 12.2 Å². The largest absolute Gasteiger partial charge is 0.374 e. The standard InChI is InChI=1S/C13H26N2O/c1-11-4-5-13(16-11)10-15-8-2-3-12(9-15)6-7-14/h11-13H,2-10,14H2,1H3. The van der Waals surface area contributed by atoms with Crippen LogP contribution in [0.3, 0.4) is 0 Å². The summed E-state index contributed by atoms with van der Waals surface area (Å²) in [5, 5.41) is 0. The van der Waals surface area contributed by atoms with Crippen LogP contribution in [0.2, 0.25) is 0 Å². The predicted molar refractivity (Wildman–Crippen MR) is 66.4 cm³/mol. The van der Waals surface area contributed by atoms with Gasteiger partial charge in [0.2, 0.25) is 0 Å². The van der Waals surface area contributed by atoms with Crippen LogP contribution in [-0.2, 0) is 4.74 Å². The summed E-state index contributed by atoms with van der Waals surface area (Å²) in [4.78, 5) is 2.59. The van der Waals surface area contributed by atoms with Crippen molar-refractivity contribution in [2.45, 2.75) is 51.2 Å². The van der Waals surface area contributed by atoms with Gasteiger partial charge in [0.1, 0.15) is 0 Å². The van der Waals surface area contributed by atoms with Gasteiger partial charge in [-0.1, -0.05) is 0 Å². The molecular formula is C13H26N2O. The molecule has 2 N–H and O–H groups in total. The third-order valence-corrected chi connectivity index (χ3v) is 3.96. The lowest BCUT2D eigenvalue weighted by Gasteiger charge is -2.34. The molecule has 0 amide bonds. The molecule has 2 rings (SSSR count). The lowest BCUT2D eigenvalue weighted by atomic mass is 9.94. The van der Waals surface area contributed by atoms with Gasteiger partial charge in [-0.25, -0.2) is 0 Å². The Balaban J connectivity index is 1.72. The van der Waals surface area contributed by atoms with Crippen LogP contribution in [0.15, 0.2) is 0 Å². The summed E-state index contributed by atoms with van der Waals surface area (Å²) in [6, 6.07) is 0. The topological polar surface area (TPSA) is 38.5 Å². The van der Waals surface area contributed by atoms with E-state index in [0.29, 0.717) is 12.2 Å². The van der Waals surface area contributed by atoms with Gasteiger partial charge in [-0.15, -0.1) is 0 Å². The zero-order chi connectivity index (χ0) is 11.4. The van der Waals surface area contributed by atoms with E-state index < -0.39 is 0 Å². The second-order valence-corrected chi connectivity index (χ2v) is 5.49. The van der Waals surface area contributed by atoms with Crippen molar-refractivity contribution in [3.8, 4) is 0 Å². The second-order valence-electron chi connectivity index (χ2n) is 5.49. The SMILES string of the molecule is CC1CCC(CN2CCCC(CCN)C2)O1. The smallest absolute Gasteiger partial charge is 0.0706 e. The van der Waals surface area contributed by atoms with Crippen LogP contribution in [0, 0.1) is 5.92 Å². The van der Waals surface area contributed by atoms with E-state index in [-0.39, 0.29) is 0 Å². The van der Waals surface area contributed by atoms with Crippen LogP contribution in [0.4, 0.5) is 0 Å². The van der Waals surface area contributed by atoms with E-state index >= 15 is 0 Å². The molecule has 2 aliphatic rings. The van der Waals surface area contributed by atoms with Crippen LogP contribution in [-0.4, -0.2) is 43.3 Å². The fourth-order valence-corrected chi connectivity index (χ4v) is 3.10. The number of rotatable bonds is 4. The maximum atomic E-state index is 5.89. The molecule has 0 aromatic carbocycles. The molecule has 3 heteroatoms. The Morgan fingerprint density at radius 3 is 2.88 bits per heavy atom. The molecule has 0 bridgehead atoms. The second kappa shape index (κ2) is 5.99. The molecule has 2 saturated heterocycles. The van der Waals surface area contributed by atoms with Crippen molar-refractivity contribution in [1.29, 1.82) is 0 Å². The van der Waals surface area contributed by atoms with Crippen molar-refractivity contribution in [3.05, 3.63) is 0 Å². The van der Waals surface area contributed by atoms with Crippen molar-refractivity contribution >= 4 is 0 Å². The number of hydrogen-bond donors (Lipinski definition) is 1. The van der Waals surface area contributed by atoms with E-state index in [0.717, 1.165) is 19.0 Å². The summed E-state index contributed by atoms with van der Waals surface area (Å²) in [6.07, 6.45) is 7.37. The van der Waals surface area contributed by atoms with Gasteiger partial charge in [-0.2, -0.15) is 0 Å². The summed E-state index contributed by atoms with van der Waals surface area (Å²) in [6.45, 7) is 6.68. The van der Waals surface area contributed by atoms with E-state index in [1.165, 1.54) is 45.2 Å². The molecule has 2 fully saturated rings. The molecule has 16 heavy (non-hydrogen) atoms. The first-order chi connectivity index (χ1) is 7.78. The van der Waals surface area contributed by atoms with Gasteiger partial charge in [0.25, 0.3) is 0 Å². The van der Waals surface area contributed by atoms with Gasteiger partial charge in [-0.3, -0.25) is 0 Å². The molecule has 94 valence electrons. The monoisotopic (exact) mass is 226 g/mol. The average molecular weight is 226 g/mol. The highest BCUT2D eigenvalue weighted by molar-refractivity contribution is 4.79. The molecule has 0 spiro atoms. The molecule has 2 heterocycles. The maximum absolute atomic E-state index is 5.89. The van der Waals surface area contributed by atoms with Crippen LogP contribution < -0.4 is 5.73 Å². The lowest BCUT2D eigenvalue weighted by Crippen LogP contribution is -2.40. The molecule has 0 aromatic heterocycles. The first kappa shape index (κ1) is 12.3. The number of likely N-dealkylation sites (tertiary alicyclic amines) is 1. The number of ether oxygens (including phenoxy) is 1. The Morgan fingerprint density at radius 1 is 1.31 bits per heavy atom. The van der Waals surface area contributed by atoms with Crippen molar-refractivity contribution < 1.29 is 4.74 Å². The number of hydrogen-bond acceptors (Lipinski definition) is 3. The van der Waals surface area contributed by atoms with Crippen LogP contribution in [0.1, 0.15) is 39.0 Å². The van der Waals surface area contributed by atoms with Gasteiger partial charge in [0, 0.05) is 13.1 Å². The van der Waals surface area contributed by atoms with Crippen LogP contribution >= 0.6 is 0 Å². The Kier molecular flexibility index (Phi) is 4.62. The molecule has 0 radical (unpaired) electrons. The van der Waals surface area contributed by atoms with Gasteiger partial charge < -0.3 is 15.4 Å². The molecule has 0 aromatic rings. The minimum atomic E-state index is 0.481. The van der Waals surface area contributed by atoms with Crippen molar-refractivity contribution in [2.24, 2.45) is 11.7 Å². The first-order valence-electron chi connectivity index (χ1n) is 6.86. The first-order valence-corrected chi connectivity index (χ1v) is 6.86. The van der Waals surface area contributed by atoms with Crippen LogP contribution in [0.25, 0.3) is 0 Å². The number of nitrogens with zero attached hydrogens (tertiary/aromatic N) is 1. The van der Waals surface area contributed by atoms with Crippen LogP contribution in [0.5, 0.6) is 0 Å². The predicted octanol–water partition coefficient (Wildman–Crippen LogP) is 1.61. The lowest BCUT2D eigenvalue weighted by molar-refractivity contribution is 0.0216. The zero-order valence-electron chi connectivity index (χ0n) is 10.5. The minimum absolute atomic E-state index is 0.481. The Morgan fingerprint density at radius 2 is 2.19 bits per heavy atom. The van der Waals surface area contributed by atoms with Gasteiger partial charge >= 0.3 is 0 Å². The van der Waals surface area contributed by atoms with E-state index in [2.05, 4.69) is 11.8 Å². The highest BCUT2D eigenvalue weighted by atomic mass is 16.5. The van der Waals surface area contributed by atoms with E-state index in [4.69, 9.17) is 10.5 Å². The Bertz CT molecular complexity index is 208. The molecule has 0 saturated carbocycles. The van der Waals surface area contributed by atoms with Crippen molar-refractivity contribution in [3.63, 3.8) is 0 Å². The van der Waals surface area contributed by atoms with Crippen molar-refractivity contribution in [1.82, 2.24) is 4.90 Å². The number of piperidine rings is 1. The Hall–Kier alpha value is -0.120. The molecule has 3 atom stereocenters. The molecule has 2 aliphatic heterocycles. The van der Waals surface area contributed by atoms with Gasteiger partial charge in [0.15, 0.2) is 0 Å². The quantitative estimate of drug-likeness (QED) is 0.791. The minimum Gasteiger partial charge on any atom is -0.374 e. The summed E-state index contributed by atoms with van der Waals surface area (Å²) in [5.41, 5.74) is 5.64. The molecular weight excluding hydrogens is 200 g/mol. The summed E-state index contributed by atoms with van der Waals surface area (Å²) >= 11 is 0. The third kappa shape index (κ3) is 3.44. The normalized spacial score (nSPS) is 36.8. The summed E-state index contributed by atoms with van der Waals surface area (Å²) in [7, 11) is 0. The zero-order valence-corrected chi connectivity index (χ0v) is 10.5. The van der Waals surface area contributed by atoms with Crippen molar-refractivity contribution in [2.75, 3.05) is 26.2 Å². The van der Waals surface area contributed by atoms with Gasteiger partial charge in [-0.05, 0) is 58.0 Å². The summed E-state index contributed by atoms with van der Waals surface area (Å²) in [5.74, 6) is 0.831. The molecule has 3 unspecified atom stereocenters.